The summed E-state index contributed by atoms with van der Waals surface area (Å²) in [6.45, 7) is 0. The minimum absolute atomic E-state index is 0.202. The molecule has 0 fully saturated rings. The maximum atomic E-state index is 10.7. The van der Waals surface area contributed by atoms with E-state index in [1.807, 2.05) is 0 Å². The van der Waals surface area contributed by atoms with Crippen molar-refractivity contribution in [3.8, 4) is 5.75 Å². The van der Waals surface area contributed by atoms with Crippen molar-refractivity contribution in [2.24, 2.45) is 0 Å². The number of halogens is 2. The minimum Gasteiger partial charge on any atom is -0.496 e. The Balaban J connectivity index is 3.32. The van der Waals surface area contributed by atoms with Gasteiger partial charge in [0.05, 0.1) is 7.11 Å². The van der Waals surface area contributed by atoms with E-state index in [1.165, 1.54) is 7.11 Å². The van der Waals surface area contributed by atoms with Crippen LogP contribution in [-0.4, -0.2) is 23.3 Å². The summed E-state index contributed by atoms with van der Waals surface area (Å²) in [6, 6.07) is 3.23. The monoisotopic (exact) mass is 338 g/mol. The summed E-state index contributed by atoms with van der Waals surface area (Å²) in [7, 11) is 1.41. The first-order chi connectivity index (χ1) is 6.97. The first-order valence-electron chi connectivity index (χ1n) is 3.91. The van der Waals surface area contributed by atoms with Crippen molar-refractivity contribution in [3.63, 3.8) is 0 Å². The Labute approximate surface area is 103 Å². The van der Waals surface area contributed by atoms with Crippen LogP contribution in [0.25, 0.3) is 0 Å². The van der Waals surface area contributed by atoms with Gasteiger partial charge < -0.3 is 14.9 Å². The lowest BCUT2D eigenvalue weighted by molar-refractivity contribution is -0.147. The molecule has 1 aromatic rings. The average molecular weight is 340 g/mol. The molecule has 0 saturated carbocycles. The lowest BCUT2D eigenvalue weighted by Gasteiger charge is -2.13. The number of rotatable bonds is 3. The molecular formula is C9H8Br2O4. The molecule has 1 atom stereocenters. The summed E-state index contributed by atoms with van der Waals surface area (Å²) < 4.78 is 6.20. The van der Waals surface area contributed by atoms with Gasteiger partial charge in [-0.15, -0.1) is 0 Å². The van der Waals surface area contributed by atoms with Crippen LogP contribution in [0.5, 0.6) is 5.75 Å². The largest absolute Gasteiger partial charge is 0.496 e. The van der Waals surface area contributed by atoms with E-state index in [0.717, 1.165) is 4.47 Å². The lowest BCUT2D eigenvalue weighted by atomic mass is 10.1. The molecular weight excluding hydrogens is 332 g/mol. The summed E-state index contributed by atoms with van der Waals surface area (Å²) in [5.74, 6) is -1.01. The third-order valence-corrected chi connectivity index (χ3v) is 2.90. The fourth-order valence-corrected chi connectivity index (χ4v) is 2.52. The molecule has 0 amide bonds. The van der Waals surface area contributed by atoms with E-state index in [9.17, 15) is 9.90 Å². The molecule has 1 unspecified atom stereocenters. The molecule has 0 spiro atoms. The normalized spacial score (nSPS) is 12.3. The molecule has 1 aromatic carbocycles. The number of carbonyl (C=O) groups is 1. The van der Waals surface area contributed by atoms with Crippen molar-refractivity contribution in [1.29, 1.82) is 0 Å². The number of ether oxygens (including phenoxy) is 1. The van der Waals surface area contributed by atoms with E-state index in [4.69, 9.17) is 9.84 Å². The van der Waals surface area contributed by atoms with Gasteiger partial charge in [0.2, 0.25) is 0 Å². The number of hydrogen-bond donors (Lipinski definition) is 2. The van der Waals surface area contributed by atoms with Crippen LogP contribution in [0.15, 0.2) is 21.1 Å². The highest BCUT2D eigenvalue weighted by Gasteiger charge is 2.23. The quantitative estimate of drug-likeness (QED) is 0.887. The Morgan fingerprint density at radius 2 is 2.07 bits per heavy atom. The third-order valence-electron chi connectivity index (χ3n) is 1.78. The Bertz CT molecular complexity index is 392. The molecule has 0 aliphatic heterocycles. The SMILES string of the molecule is COc1cc(Br)cc(Br)c1C(O)C(=O)O. The predicted octanol–water partition coefficient (Wildman–Crippen LogP) is 2.34. The molecule has 0 aliphatic carbocycles. The predicted molar refractivity (Wildman–Crippen MR) is 61.0 cm³/mol. The van der Waals surface area contributed by atoms with Gasteiger partial charge in [0.25, 0.3) is 0 Å². The zero-order valence-electron chi connectivity index (χ0n) is 7.70. The van der Waals surface area contributed by atoms with Gasteiger partial charge in [0.15, 0.2) is 6.10 Å². The first-order valence-corrected chi connectivity index (χ1v) is 5.49. The Hall–Kier alpha value is -0.590. The number of methoxy groups -OCH3 is 1. The van der Waals surface area contributed by atoms with E-state index >= 15 is 0 Å². The van der Waals surface area contributed by atoms with Gasteiger partial charge in [0.1, 0.15) is 5.75 Å². The molecule has 0 heterocycles. The van der Waals surface area contributed by atoms with Gasteiger partial charge in [-0.3, -0.25) is 0 Å². The van der Waals surface area contributed by atoms with Crippen LogP contribution in [0.1, 0.15) is 11.7 Å². The fourth-order valence-electron chi connectivity index (χ4n) is 1.12. The summed E-state index contributed by atoms with van der Waals surface area (Å²) in [4.78, 5) is 10.7. The smallest absolute Gasteiger partial charge is 0.337 e. The van der Waals surface area contributed by atoms with E-state index in [0.29, 0.717) is 10.2 Å². The molecule has 0 aliphatic rings. The summed E-state index contributed by atoms with van der Waals surface area (Å²) in [5.41, 5.74) is 0.202. The number of carboxylic acid groups (broad SMARTS) is 1. The highest BCUT2D eigenvalue weighted by molar-refractivity contribution is 9.11. The second kappa shape index (κ2) is 4.96. The second-order valence-corrected chi connectivity index (χ2v) is 4.51. The molecule has 6 heteroatoms. The molecule has 0 aromatic heterocycles. The van der Waals surface area contributed by atoms with E-state index in [1.54, 1.807) is 12.1 Å². The molecule has 4 nitrogen and oxygen atoms in total. The highest BCUT2D eigenvalue weighted by atomic mass is 79.9. The highest BCUT2D eigenvalue weighted by Crippen LogP contribution is 2.35. The summed E-state index contributed by atoms with van der Waals surface area (Å²) in [6.07, 6.45) is -1.61. The van der Waals surface area contributed by atoms with Gasteiger partial charge in [0, 0.05) is 14.5 Å². The van der Waals surface area contributed by atoms with Crippen molar-refractivity contribution in [2.45, 2.75) is 6.10 Å². The van der Waals surface area contributed by atoms with Gasteiger partial charge >= 0.3 is 5.97 Å². The van der Waals surface area contributed by atoms with Crippen LogP contribution < -0.4 is 4.74 Å². The van der Waals surface area contributed by atoms with E-state index in [2.05, 4.69) is 31.9 Å². The number of aliphatic hydroxyl groups excluding tert-OH is 1. The number of carboxylic acids is 1. The fraction of sp³-hybridized carbons (Fsp3) is 0.222. The molecule has 15 heavy (non-hydrogen) atoms. The molecule has 0 saturated heterocycles. The minimum atomic E-state index is -1.61. The second-order valence-electron chi connectivity index (χ2n) is 2.74. The maximum absolute atomic E-state index is 10.7. The van der Waals surface area contributed by atoms with E-state index in [-0.39, 0.29) is 5.56 Å². The van der Waals surface area contributed by atoms with Crippen LogP contribution >= 0.6 is 31.9 Å². The van der Waals surface area contributed by atoms with Gasteiger partial charge in [-0.25, -0.2) is 4.79 Å². The number of hydrogen-bond acceptors (Lipinski definition) is 3. The van der Waals surface area contributed by atoms with Crippen molar-refractivity contribution in [2.75, 3.05) is 7.11 Å². The molecule has 2 N–H and O–H groups in total. The van der Waals surface area contributed by atoms with Gasteiger partial charge in [-0.2, -0.15) is 0 Å². The Morgan fingerprint density at radius 1 is 1.47 bits per heavy atom. The zero-order chi connectivity index (χ0) is 11.6. The number of aliphatic hydroxyl groups is 1. The Kier molecular flexibility index (Phi) is 4.12. The van der Waals surface area contributed by atoms with Gasteiger partial charge in [-0.1, -0.05) is 31.9 Å². The molecule has 1 rings (SSSR count). The lowest BCUT2D eigenvalue weighted by Crippen LogP contribution is -2.12. The average Bonchev–Trinajstić information content (AvgIpc) is 2.15. The van der Waals surface area contributed by atoms with Crippen molar-refractivity contribution in [1.82, 2.24) is 0 Å². The summed E-state index contributed by atoms with van der Waals surface area (Å²) >= 11 is 6.41. The van der Waals surface area contributed by atoms with Crippen molar-refractivity contribution >= 4 is 37.8 Å². The number of aliphatic carboxylic acids is 1. The molecule has 0 bridgehead atoms. The van der Waals surface area contributed by atoms with Gasteiger partial charge in [-0.05, 0) is 12.1 Å². The van der Waals surface area contributed by atoms with Crippen LogP contribution in [0, 0.1) is 0 Å². The standard InChI is InChI=1S/C9H8Br2O4/c1-15-6-3-4(10)2-5(11)7(6)8(12)9(13)14/h2-3,8,12H,1H3,(H,13,14). The summed E-state index contributed by atoms with van der Waals surface area (Å²) in [5, 5.41) is 18.2. The third kappa shape index (κ3) is 2.70. The zero-order valence-corrected chi connectivity index (χ0v) is 10.9. The van der Waals surface area contributed by atoms with Crippen molar-refractivity contribution in [3.05, 3.63) is 26.6 Å². The van der Waals surface area contributed by atoms with Crippen LogP contribution in [-0.2, 0) is 4.79 Å². The molecule has 0 radical (unpaired) electrons. The van der Waals surface area contributed by atoms with Crippen LogP contribution in [0.4, 0.5) is 0 Å². The van der Waals surface area contributed by atoms with Crippen LogP contribution in [0.3, 0.4) is 0 Å². The Morgan fingerprint density at radius 3 is 2.53 bits per heavy atom. The van der Waals surface area contributed by atoms with Crippen molar-refractivity contribution < 1.29 is 19.7 Å². The van der Waals surface area contributed by atoms with E-state index < -0.39 is 12.1 Å². The number of benzene rings is 1. The van der Waals surface area contributed by atoms with Crippen LogP contribution in [0.2, 0.25) is 0 Å². The molecule has 82 valence electrons. The maximum Gasteiger partial charge on any atom is 0.337 e. The first kappa shape index (κ1) is 12.5. The topological polar surface area (TPSA) is 66.8 Å².